The van der Waals surface area contributed by atoms with Crippen LogP contribution in [0.2, 0.25) is 0 Å². The van der Waals surface area contributed by atoms with E-state index < -0.39 is 0 Å². The van der Waals surface area contributed by atoms with Gasteiger partial charge in [0.25, 0.3) is 0 Å². The second-order valence-electron chi connectivity index (χ2n) is 9.62. The third kappa shape index (κ3) is 11.3. The van der Waals surface area contributed by atoms with Gasteiger partial charge in [0.15, 0.2) is 0 Å². The Hall–Kier alpha value is -5.14. The second-order valence-corrected chi connectivity index (χ2v) is 9.62. The van der Waals surface area contributed by atoms with Gasteiger partial charge in [-0.25, -0.2) is 0 Å². The summed E-state index contributed by atoms with van der Waals surface area (Å²) in [6, 6.07) is 17.1. The van der Waals surface area contributed by atoms with E-state index in [1.54, 1.807) is 12.2 Å². The Labute approximate surface area is 260 Å². The van der Waals surface area contributed by atoms with Crippen molar-refractivity contribution >= 4 is 11.3 Å². The van der Waals surface area contributed by atoms with Crippen molar-refractivity contribution in [1.82, 2.24) is 0 Å². The number of benzene rings is 2. The first-order valence-electron chi connectivity index (χ1n) is 14.5. The maximum Gasteiger partial charge on any atom is 0.0458 e. The molecular formula is C42H45N. The van der Waals surface area contributed by atoms with Gasteiger partial charge in [0, 0.05) is 17.6 Å². The van der Waals surface area contributed by atoms with Crippen LogP contribution in [0, 0.1) is 5.92 Å². The van der Waals surface area contributed by atoms with Crippen LogP contribution in [-0.2, 0) is 0 Å². The average molecular weight is 564 g/mol. The standard InChI is InChI=1S/C42H45N/c1-8-14-16-18-25-37(12-5)27-22-33-43(35(7)24-15-9-2)40-31-32-41(42(34-40)39-28-19-17-20-29-39)38(13-6)30-21-26-36(11-4)23-10-3/h8-26,28-34,37H,1,3-6,27H2,2,7H3/b15-9-,16-14-,25-18+,26-21+,33-22+,35-24+,36-23+,38-30+. The van der Waals surface area contributed by atoms with Gasteiger partial charge in [0.1, 0.15) is 0 Å². The lowest BCUT2D eigenvalue weighted by Gasteiger charge is -2.24. The lowest BCUT2D eigenvalue weighted by Crippen LogP contribution is -2.13. The predicted molar refractivity (Wildman–Crippen MR) is 195 cm³/mol. The van der Waals surface area contributed by atoms with Crippen molar-refractivity contribution in [2.75, 3.05) is 4.90 Å². The van der Waals surface area contributed by atoms with Gasteiger partial charge in [-0.1, -0.05) is 160 Å². The summed E-state index contributed by atoms with van der Waals surface area (Å²) >= 11 is 0. The monoisotopic (exact) mass is 563 g/mol. The Morgan fingerprint density at radius 2 is 1.60 bits per heavy atom. The number of rotatable bonds is 17. The van der Waals surface area contributed by atoms with Crippen LogP contribution < -0.4 is 4.90 Å². The van der Waals surface area contributed by atoms with Crippen molar-refractivity contribution in [3.8, 4) is 11.1 Å². The van der Waals surface area contributed by atoms with Crippen LogP contribution in [0.4, 0.5) is 5.69 Å². The van der Waals surface area contributed by atoms with Crippen molar-refractivity contribution in [3.63, 3.8) is 0 Å². The molecule has 43 heavy (non-hydrogen) atoms. The van der Waals surface area contributed by atoms with Crippen molar-refractivity contribution in [1.29, 1.82) is 0 Å². The molecule has 1 atom stereocenters. The number of anilines is 1. The number of hydrogen-bond acceptors (Lipinski definition) is 1. The summed E-state index contributed by atoms with van der Waals surface area (Å²) in [5.74, 6) is 0.228. The molecule has 218 valence electrons. The van der Waals surface area contributed by atoms with Gasteiger partial charge in [0.2, 0.25) is 0 Å². The first kappa shape index (κ1) is 34.1. The van der Waals surface area contributed by atoms with Gasteiger partial charge in [-0.15, -0.1) is 6.58 Å². The zero-order valence-electron chi connectivity index (χ0n) is 25.8. The number of hydrogen-bond donors (Lipinski definition) is 0. The molecular weight excluding hydrogens is 518 g/mol. The molecule has 2 aromatic carbocycles. The van der Waals surface area contributed by atoms with Crippen LogP contribution in [0.15, 0.2) is 202 Å². The summed E-state index contributed by atoms with van der Waals surface area (Å²) in [6.45, 7) is 23.7. The maximum absolute atomic E-state index is 4.13. The van der Waals surface area contributed by atoms with Crippen LogP contribution in [0.5, 0.6) is 0 Å². The molecule has 0 spiro atoms. The smallest absolute Gasteiger partial charge is 0.0458 e. The van der Waals surface area contributed by atoms with E-state index in [1.165, 1.54) is 0 Å². The van der Waals surface area contributed by atoms with Crippen molar-refractivity contribution < 1.29 is 0 Å². The molecule has 2 rings (SSSR count). The molecule has 0 amide bonds. The molecule has 0 fully saturated rings. The topological polar surface area (TPSA) is 3.24 Å². The molecule has 0 saturated heterocycles. The van der Waals surface area contributed by atoms with E-state index in [0.717, 1.165) is 45.6 Å². The molecule has 0 saturated carbocycles. The summed E-state index contributed by atoms with van der Waals surface area (Å²) in [5, 5.41) is 0. The van der Waals surface area contributed by atoms with Crippen LogP contribution in [-0.4, -0.2) is 0 Å². The van der Waals surface area contributed by atoms with Crippen LogP contribution >= 0.6 is 0 Å². The van der Waals surface area contributed by atoms with Crippen molar-refractivity contribution in [2.45, 2.75) is 20.3 Å². The Morgan fingerprint density at radius 1 is 0.814 bits per heavy atom. The molecule has 0 radical (unpaired) electrons. The highest BCUT2D eigenvalue weighted by Gasteiger charge is 2.13. The molecule has 2 aromatic rings. The summed E-state index contributed by atoms with van der Waals surface area (Å²) < 4.78 is 0. The summed E-state index contributed by atoms with van der Waals surface area (Å²) in [5.41, 5.74) is 7.55. The molecule has 0 heterocycles. The minimum absolute atomic E-state index is 0.228. The van der Waals surface area contributed by atoms with Crippen LogP contribution in [0.3, 0.4) is 0 Å². The highest BCUT2D eigenvalue weighted by Crippen LogP contribution is 2.34. The molecule has 0 aliphatic rings. The van der Waals surface area contributed by atoms with Crippen LogP contribution in [0.25, 0.3) is 16.7 Å². The van der Waals surface area contributed by atoms with Crippen molar-refractivity contribution in [3.05, 3.63) is 208 Å². The van der Waals surface area contributed by atoms with Gasteiger partial charge in [0.05, 0.1) is 0 Å². The average Bonchev–Trinajstić information content (AvgIpc) is 3.04. The highest BCUT2D eigenvalue weighted by molar-refractivity contribution is 5.88. The van der Waals surface area contributed by atoms with E-state index in [1.807, 2.05) is 73.8 Å². The fourth-order valence-electron chi connectivity index (χ4n) is 4.30. The Bertz CT molecular complexity index is 1480. The largest absolute Gasteiger partial charge is 0.321 e. The third-order valence-electron chi connectivity index (χ3n) is 6.60. The first-order chi connectivity index (χ1) is 21.0. The molecule has 0 aliphatic heterocycles. The summed E-state index contributed by atoms with van der Waals surface area (Å²) in [4.78, 5) is 2.23. The fraction of sp³-hybridized carbons (Fsp3) is 0.0952. The van der Waals surface area contributed by atoms with E-state index >= 15 is 0 Å². The van der Waals surface area contributed by atoms with E-state index in [4.69, 9.17) is 0 Å². The maximum atomic E-state index is 4.13. The molecule has 1 unspecified atom stereocenters. The number of allylic oxidation sites excluding steroid dienone is 20. The molecule has 0 bridgehead atoms. The summed E-state index contributed by atoms with van der Waals surface area (Å²) in [7, 11) is 0. The highest BCUT2D eigenvalue weighted by atomic mass is 15.1. The molecule has 1 nitrogen and oxygen atoms in total. The molecule has 1 heteroatoms. The third-order valence-corrected chi connectivity index (χ3v) is 6.60. The second kappa shape index (κ2) is 19.9. The minimum Gasteiger partial charge on any atom is -0.321 e. The normalized spacial score (nSPS) is 13.8. The van der Waals surface area contributed by atoms with E-state index in [0.29, 0.717) is 0 Å². The van der Waals surface area contributed by atoms with Gasteiger partial charge >= 0.3 is 0 Å². The fourth-order valence-corrected chi connectivity index (χ4v) is 4.30. The molecule has 0 aromatic heterocycles. The van der Waals surface area contributed by atoms with Crippen molar-refractivity contribution in [2.24, 2.45) is 5.92 Å². The van der Waals surface area contributed by atoms with Gasteiger partial charge in [-0.2, -0.15) is 0 Å². The van der Waals surface area contributed by atoms with Gasteiger partial charge in [-0.05, 0) is 72.2 Å². The van der Waals surface area contributed by atoms with E-state index in [-0.39, 0.29) is 5.92 Å². The van der Waals surface area contributed by atoms with Crippen LogP contribution in [0.1, 0.15) is 25.8 Å². The summed E-state index contributed by atoms with van der Waals surface area (Å²) in [6.07, 6.45) is 36.7. The van der Waals surface area contributed by atoms with E-state index in [2.05, 4.69) is 124 Å². The Balaban J connectivity index is 2.62. The van der Waals surface area contributed by atoms with Gasteiger partial charge < -0.3 is 4.90 Å². The Kier molecular flexibility index (Phi) is 15.7. The zero-order chi connectivity index (χ0) is 31.3. The lowest BCUT2D eigenvalue weighted by atomic mass is 9.93. The SMILES string of the molecule is C=C/C=C\C=C\C(C=C)C/C=C/N(/C(C)=C/C=C\C)c1ccc(/C(C=C)=C/C=C/C(C=C)=C/C=C)c(-c2ccccc2)c1. The molecule has 0 aliphatic carbocycles. The molecule has 0 N–H and O–H groups in total. The first-order valence-corrected chi connectivity index (χ1v) is 14.5. The van der Waals surface area contributed by atoms with Gasteiger partial charge in [-0.3, -0.25) is 0 Å². The minimum atomic E-state index is 0.228. The number of nitrogens with zero attached hydrogens (tertiary/aromatic N) is 1. The van der Waals surface area contributed by atoms with E-state index in [9.17, 15) is 0 Å². The quantitative estimate of drug-likeness (QED) is 0.137. The zero-order valence-corrected chi connectivity index (χ0v) is 25.8. The Morgan fingerprint density at radius 3 is 2.26 bits per heavy atom. The predicted octanol–water partition coefficient (Wildman–Crippen LogP) is 12.1. The lowest BCUT2D eigenvalue weighted by molar-refractivity contribution is 0.831.